The molecule has 0 saturated heterocycles. The molecule has 0 saturated carbocycles. The van der Waals surface area contributed by atoms with Crippen molar-refractivity contribution in [2.75, 3.05) is 18.5 Å². The number of carbonyl (C=O) groups excluding carboxylic acids is 2. The second-order valence-electron chi connectivity index (χ2n) is 4.82. The van der Waals surface area contributed by atoms with Crippen LogP contribution < -0.4 is 5.32 Å². The molecule has 0 aliphatic rings. The van der Waals surface area contributed by atoms with Gasteiger partial charge in [-0.2, -0.15) is 5.10 Å². The molecule has 0 unspecified atom stereocenters. The molecule has 0 amide bonds. The Labute approximate surface area is 153 Å². The molecular weight excluding hydrogens is 390 g/mol. The first-order valence-electron chi connectivity index (χ1n) is 7.67. The molecule has 7 nitrogen and oxygen atoms in total. The molecule has 0 fully saturated rings. The van der Waals surface area contributed by atoms with E-state index < -0.39 is 11.9 Å². The fourth-order valence-electron chi connectivity index (χ4n) is 1.96. The van der Waals surface area contributed by atoms with Gasteiger partial charge in [0, 0.05) is 22.3 Å². The van der Waals surface area contributed by atoms with Crippen LogP contribution in [-0.4, -0.2) is 35.3 Å². The number of halogens is 1. The van der Waals surface area contributed by atoms with E-state index in [1.165, 1.54) is 6.20 Å². The summed E-state index contributed by atoms with van der Waals surface area (Å²) in [7, 11) is 0. The number of ether oxygens (including phenoxy) is 2. The van der Waals surface area contributed by atoms with E-state index in [1.807, 2.05) is 24.3 Å². The minimum atomic E-state index is -0.754. The summed E-state index contributed by atoms with van der Waals surface area (Å²) in [6.45, 7) is 3.63. The Morgan fingerprint density at radius 3 is 2.48 bits per heavy atom. The largest absolute Gasteiger partial charge is 0.462 e. The lowest BCUT2D eigenvalue weighted by Gasteiger charge is -2.06. The first-order chi connectivity index (χ1) is 12.0. The Balaban J connectivity index is 2.17. The minimum Gasteiger partial charge on any atom is -0.462 e. The maximum Gasteiger partial charge on any atom is 0.347 e. The van der Waals surface area contributed by atoms with Gasteiger partial charge in [0.15, 0.2) is 11.4 Å². The molecule has 0 aliphatic heterocycles. The lowest BCUT2D eigenvalue weighted by atomic mass is 10.1. The highest BCUT2D eigenvalue weighted by Gasteiger charge is 2.21. The van der Waals surface area contributed by atoms with Gasteiger partial charge in [-0.15, -0.1) is 0 Å². The third-order valence-electron chi connectivity index (χ3n) is 3.07. The summed E-state index contributed by atoms with van der Waals surface area (Å²) in [4.78, 5) is 23.8. The Hall–Kier alpha value is -2.61. The fourth-order valence-corrected chi connectivity index (χ4v) is 2.36. The first-order valence-corrected chi connectivity index (χ1v) is 8.46. The monoisotopic (exact) mass is 407 g/mol. The summed E-state index contributed by atoms with van der Waals surface area (Å²) in [6.07, 6.45) is 1.23. The van der Waals surface area contributed by atoms with Gasteiger partial charge in [-0.1, -0.05) is 28.1 Å². The molecule has 2 rings (SSSR count). The van der Waals surface area contributed by atoms with Gasteiger partial charge in [-0.05, 0) is 26.0 Å². The van der Waals surface area contributed by atoms with Gasteiger partial charge in [0.25, 0.3) is 0 Å². The van der Waals surface area contributed by atoms with Crippen LogP contribution in [0.3, 0.4) is 0 Å². The van der Waals surface area contributed by atoms with E-state index in [4.69, 9.17) is 9.47 Å². The normalized spacial score (nSPS) is 10.0. The molecule has 0 spiro atoms. The van der Waals surface area contributed by atoms with E-state index in [9.17, 15) is 9.59 Å². The standard InChI is InChI=1S/C17H18BrN3O4/c1-3-24-16(22)13(17(23)25-4-2)10-19-15-9-14(20-21-15)11-6-5-7-12(18)8-11/h5-10H,3-4H2,1-2H3,(H2,19,20,21). The Morgan fingerprint density at radius 1 is 1.20 bits per heavy atom. The van der Waals surface area contributed by atoms with Crippen molar-refractivity contribution >= 4 is 33.7 Å². The molecule has 0 bridgehead atoms. The van der Waals surface area contributed by atoms with E-state index in [2.05, 4.69) is 31.4 Å². The molecule has 2 aromatic rings. The molecule has 1 aromatic carbocycles. The van der Waals surface area contributed by atoms with Gasteiger partial charge in [0.1, 0.15) is 0 Å². The number of rotatable bonds is 7. The maximum atomic E-state index is 11.9. The predicted octanol–water partition coefficient (Wildman–Crippen LogP) is 3.26. The topological polar surface area (TPSA) is 93.3 Å². The van der Waals surface area contributed by atoms with Crippen molar-refractivity contribution in [3.8, 4) is 11.3 Å². The number of nitrogens with one attached hydrogen (secondary N) is 2. The van der Waals surface area contributed by atoms with Crippen LogP contribution in [-0.2, 0) is 19.1 Å². The van der Waals surface area contributed by atoms with Gasteiger partial charge >= 0.3 is 11.9 Å². The lowest BCUT2D eigenvalue weighted by Crippen LogP contribution is -2.19. The van der Waals surface area contributed by atoms with E-state index in [0.717, 1.165) is 15.7 Å². The van der Waals surface area contributed by atoms with Crippen LogP contribution in [0.5, 0.6) is 0 Å². The molecule has 132 valence electrons. The molecule has 8 heteroatoms. The zero-order valence-corrected chi connectivity index (χ0v) is 15.4. The van der Waals surface area contributed by atoms with Crippen molar-refractivity contribution in [2.24, 2.45) is 0 Å². The SMILES string of the molecule is CCOC(=O)C(=CNc1cc(-c2cccc(Br)c2)[nH]n1)C(=O)OCC. The molecule has 25 heavy (non-hydrogen) atoms. The molecule has 2 N–H and O–H groups in total. The fraction of sp³-hybridized carbons (Fsp3) is 0.235. The van der Waals surface area contributed by atoms with Gasteiger partial charge in [-0.3, -0.25) is 5.10 Å². The Bertz CT molecular complexity index is 766. The second kappa shape index (κ2) is 9.03. The van der Waals surface area contributed by atoms with Crippen LogP contribution in [0.15, 0.2) is 46.6 Å². The van der Waals surface area contributed by atoms with Gasteiger partial charge < -0.3 is 14.8 Å². The van der Waals surface area contributed by atoms with Crippen LogP contribution >= 0.6 is 15.9 Å². The number of nitrogens with zero attached hydrogens (tertiary/aromatic N) is 1. The molecule has 0 radical (unpaired) electrons. The highest BCUT2D eigenvalue weighted by Crippen LogP contribution is 2.23. The third kappa shape index (κ3) is 5.18. The van der Waals surface area contributed by atoms with E-state index in [-0.39, 0.29) is 18.8 Å². The summed E-state index contributed by atoms with van der Waals surface area (Å²) >= 11 is 3.42. The summed E-state index contributed by atoms with van der Waals surface area (Å²) in [6, 6.07) is 9.46. The predicted molar refractivity (Wildman–Crippen MR) is 96.7 cm³/mol. The van der Waals surface area contributed by atoms with Crippen molar-refractivity contribution < 1.29 is 19.1 Å². The second-order valence-corrected chi connectivity index (χ2v) is 5.74. The number of hydrogen-bond donors (Lipinski definition) is 2. The van der Waals surface area contributed by atoms with Crippen LogP contribution in [0.4, 0.5) is 5.82 Å². The van der Waals surface area contributed by atoms with Crippen molar-refractivity contribution in [2.45, 2.75) is 13.8 Å². The first kappa shape index (κ1) is 18.7. The molecule has 0 aliphatic carbocycles. The maximum absolute atomic E-state index is 11.9. The highest BCUT2D eigenvalue weighted by atomic mass is 79.9. The number of anilines is 1. The van der Waals surface area contributed by atoms with Gasteiger partial charge in [0.2, 0.25) is 0 Å². The minimum absolute atomic E-state index is 0.158. The van der Waals surface area contributed by atoms with E-state index in [1.54, 1.807) is 19.9 Å². The van der Waals surface area contributed by atoms with E-state index in [0.29, 0.717) is 5.82 Å². The molecule has 0 atom stereocenters. The summed E-state index contributed by atoms with van der Waals surface area (Å²) in [5.41, 5.74) is 1.50. The van der Waals surface area contributed by atoms with Crippen LogP contribution in [0.2, 0.25) is 0 Å². The van der Waals surface area contributed by atoms with Crippen LogP contribution in [0, 0.1) is 0 Å². The quantitative estimate of drug-likeness (QED) is 0.316. The van der Waals surface area contributed by atoms with Crippen molar-refractivity contribution in [1.82, 2.24) is 10.2 Å². The molecular formula is C17H18BrN3O4. The zero-order chi connectivity index (χ0) is 18.2. The summed E-state index contributed by atoms with van der Waals surface area (Å²) < 4.78 is 10.7. The molecule has 1 aromatic heterocycles. The average Bonchev–Trinajstić information content (AvgIpc) is 3.04. The number of esters is 2. The van der Waals surface area contributed by atoms with E-state index >= 15 is 0 Å². The van der Waals surface area contributed by atoms with Crippen molar-refractivity contribution in [3.05, 3.63) is 46.6 Å². The Morgan fingerprint density at radius 2 is 1.88 bits per heavy atom. The lowest BCUT2D eigenvalue weighted by molar-refractivity contribution is -0.146. The third-order valence-corrected chi connectivity index (χ3v) is 3.56. The van der Waals surface area contributed by atoms with Crippen LogP contribution in [0.1, 0.15) is 13.8 Å². The number of aromatic nitrogens is 2. The number of H-pyrrole nitrogens is 1. The van der Waals surface area contributed by atoms with Gasteiger partial charge in [0.05, 0.1) is 18.9 Å². The average molecular weight is 408 g/mol. The molecule has 1 heterocycles. The Kier molecular flexibility index (Phi) is 6.76. The van der Waals surface area contributed by atoms with Crippen molar-refractivity contribution in [3.63, 3.8) is 0 Å². The number of aromatic amines is 1. The van der Waals surface area contributed by atoms with Crippen molar-refractivity contribution in [1.29, 1.82) is 0 Å². The highest BCUT2D eigenvalue weighted by molar-refractivity contribution is 9.10. The summed E-state index contributed by atoms with van der Waals surface area (Å²) in [5, 5.41) is 9.80. The van der Waals surface area contributed by atoms with Gasteiger partial charge in [-0.25, -0.2) is 9.59 Å². The summed E-state index contributed by atoms with van der Waals surface area (Å²) in [5.74, 6) is -1.06. The number of benzene rings is 1. The van der Waals surface area contributed by atoms with Crippen LogP contribution in [0.25, 0.3) is 11.3 Å². The number of hydrogen-bond acceptors (Lipinski definition) is 6. The number of carbonyl (C=O) groups is 2. The zero-order valence-electron chi connectivity index (χ0n) is 13.8. The smallest absolute Gasteiger partial charge is 0.347 e.